The van der Waals surface area contributed by atoms with E-state index in [1.54, 1.807) is 4.90 Å². The summed E-state index contributed by atoms with van der Waals surface area (Å²) in [4.78, 5) is 19.1. The van der Waals surface area contributed by atoms with Crippen LogP contribution in [0.15, 0.2) is 18.3 Å². The lowest BCUT2D eigenvalue weighted by Crippen LogP contribution is -2.43. The molecule has 0 spiro atoms. The maximum absolute atomic E-state index is 12.0. The summed E-state index contributed by atoms with van der Waals surface area (Å²) < 4.78 is 0. The maximum atomic E-state index is 12.0. The van der Waals surface area contributed by atoms with E-state index in [1.807, 2.05) is 25.4 Å². The number of hydrogen-bond donors (Lipinski definition) is 2. The van der Waals surface area contributed by atoms with E-state index in [4.69, 9.17) is 0 Å². The first-order valence-electron chi connectivity index (χ1n) is 6.60. The van der Waals surface area contributed by atoms with Crippen molar-refractivity contribution in [2.24, 2.45) is 0 Å². The third-order valence-electron chi connectivity index (χ3n) is 3.39. The first-order chi connectivity index (χ1) is 8.77. The van der Waals surface area contributed by atoms with E-state index in [0.29, 0.717) is 6.42 Å². The Hall–Kier alpha value is -1.33. The largest absolute Gasteiger partial charge is 0.348 e. The van der Waals surface area contributed by atoms with E-state index >= 15 is 0 Å². The van der Waals surface area contributed by atoms with Crippen molar-refractivity contribution in [2.45, 2.75) is 12.8 Å². The van der Waals surface area contributed by atoms with Crippen LogP contribution in [0.3, 0.4) is 0 Å². The molecule has 0 unspecified atom stereocenters. The Morgan fingerprint density at radius 3 is 2.89 bits per heavy atom. The van der Waals surface area contributed by atoms with Crippen LogP contribution in [0.4, 0.5) is 5.82 Å². The fraction of sp³-hybridized carbons (Fsp3) is 0.615. The topological polar surface area (TPSA) is 51.4 Å². The number of aromatic amines is 1. The zero-order valence-corrected chi connectivity index (χ0v) is 11.0. The van der Waals surface area contributed by atoms with Gasteiger partial charge in [0.25, 0.3) is 0 Å². The van der Waals surface area contributed by atoms with Gasteiger partial charge in [0.15, 0.2) is 0 Å². The van der Waals surface area contributed by atoms with Gasteiger partial charge in [-0.15, -0.1) is 0 Å². The highest BCUT2D eigenvalue weighted by molar-refractivity contribution is 5.91. The summed E-state index contributed by atoms with van der Waals surface area (Å²) in [5.41, 5.74) is 0. The SMILES string of the molecule is CN(C(=O)CCCN1CCNCC1)c1ccc[nH]1. The molecule has 18 heavy (non-hydrogen) atoms. The number of H-pyrrole nitrogens is 1. The lowest BCUT2D eigenvalue weighted by Gasteiger charge is -2.27. The highest BCUT2D eigenvalue weighted by Gasteiger charge is 2.13. The number of hydrogen-bond acceptors (Lipinski definition) is 3. The van der Waals surface area contributed by atoms with Gasteiger partial charge in [-0.2, -0.15) is 0 Å². The Kier molecular flexibility index (Phi) is 4.78. The van der Waals surface area contributed by atoms with Gasteiger partial charge in [0.2, 0.25) is 5.91 Å². The quantitative estimate of drug-likeness (QED) is 0.807. The van der Waals surface area contributed by atoms with Gasteiger partial charge >= 0.3 is 0 Å². The van der Waals surface area contributed by atoms with Gasteiger partial charge in [-0.05, 0) is 25.1 Å². The number of piperazine rings is 1. The Balaban J connectivity index is 1.68. The number of anilines is 1. The molecule has 1 aliphatic heterocycles. The summed E-state index contributed by atoms with van der Waals surface area (Å²) >= 11 is 0. The van der Waals surface area contributed by atoms with E-state index in [9.17, 15) is 4.79 Å². The highest BCUT2D eigenvalue weighted by atomic mass is 16.2. The second-order valence-electron chi connectivity index (χ2n) is 4.70. The van der Waals surface area contributed by atoms with Crippen LogP contribution in [-0.4, -0.2) is 55.6 Å². The average molecular weight is 250 g/mol. The Bertz CT molecular complexity index is 357. The number of amides is 1. The molecule has 5 heteroatoms. The molecule has 2 rings (SSSR count). The van der Waals surface area contributed by atoms with Gasteiger partial charge in [0, 0.05) is 45.8 Å². The number of rotatable bonds is 5. The monoisotopic (exact) mass is 250 g/mol. The minimum atomic E-state index is 0.174. The molecule has 1 fully saturated rings. The standard InChI is InChI=1S/C13H22N4O/c1-16(12-4-2-6-15-12)13(18)5-3-9-17-10-7-14-8-11-17/h2,4,6,14-15H,3,5,7-11H2,1H3. The Labute approximate surface area is 108 Å². The second kappa shape index (κ2) is 6.56. The van der Waals surface area contributed by atoms with Crippen molar-refractivity contribution in [3.8, 4) is 0 Å². The molecule has 0 atom stereocenters. The van der Waals surface area contributed by atoms with E-state index in [0.717, 1.165) is 45.0 Å². The minimum absolute atomic E-state index is 0.174. The average Bonchev–Trinajstić information content (AvgIpc) is 2.93. The fourth-order valence-electron chi connectivity index (χ4n) is 2.22. The van der Waals surface area contributed by atoms with E-state index in [-0.39, 0.29) is 5.91 Å². The van der Waals surface area contributed by atoms with Gasteiger partial charge in [0.05, 0.1) is 0 Å². The smallest absolute Gasteiger partial charge is 0.227 e. The molecule has 1 aromatic rings. The molecule has 1 aliphatic rings. The molecule has 2 heterocycles. The lowest BCUT2D eigenvalue weighted by atomic mass is 10.2. The lowest BCUT2D eigenvalue weighted by molar-refractivity contribution is -0.118. The normalized spacial score (nSPS) is 16.7. The summed E-state index contributed by atoms with van der Waals surface area (Å²) in [6, 6.07) is 3.81. The summed E-state index contributed by atoms with van der Waals surface area (Å²) in [6.07, 6.45) is 3.38. The second-order valence-corrected chi connectivity index (χ2v) is 4.70. The first kappa shape index (κ1) is 13.1. The molecular weight excluding hydrogens is 228 g/mol. The van der Waals surface area contributed by atoms with Crippen molar-refractivity contribution >= 4 is 11.7 Å². The zero-order chi connectivity index (χ0) is 12.8. The molecular formula is C13H22N4O. The van der Waals surface area contributed by atoms with E-state index in [1.165, 1.54) is 0 Å². The summed E-state index contributed by atoms with van der Waals surface area (Å²) in [6.45, 7) is 5.35. The Morgan fingerprint density at radius 2 is 2.22 bits per heavy atom. The van der Waals surface area contributed by atoms with Crippen LogP contribution in [-0.2, 0) is 4.79 Å². The minimum Gasteiger partial charge on any atom is -0.348 e. The van der Waals surface area contributed by atoms with E-state index < -0.39 is 0 Å². The predicted octanol–water partition coefficient (Wildman–Crippen LogP) is 0.663. The summed E-state index contributed by atoms with van der Waals surface area (Å²) in [5, 5.41) is 3.33. The highest BCUT2D eigenvalue weighted by Crippen LogP contribution is 2.10. The number of nitrogens with zero attached hydrogens (tertiary/aromatic N) is 2. The van der Waals surface area contributed by atoms with Crippen LogP contribution >= 0.6 is 0 Å². The van der Waals surface area contributed by atoms with Gasteiger partial charge < -0.3 is 20.1 Å². The fourth-order valence-corrected chi connectivity index (χ4v) is 2.22. The van der Waals surface area contributed by atoms with Crippen LogP contribution in [0.1, 0.15) is 12.8 Å². The van der Waals surface area contributed by atoms with Crippen LogP contribution in [0.5, 0.6) is 0 Å². The molecule has 1 saturated heterocycles. The molecule has 0 aliphatic carbocycles. The zero-order valence-electron chi connectivity index (χ0n) is 11.0. The number of aromatic nitrogens is 1. The van der Waals surface area contributed by atoms with Crippen molar-refractivity contribution in [3.05, 3.63) is 18.3 Å². The molecule has 0 bridgehead atoms. The van der Waals surface area contributed by atoms with Gasteiger partial charge in [0.1, 0.15) is 5.82 Å². The molecule has 1 aromatic heterocycles. The van der Waals surface area contributed by atoms with Crippen molar-refractivity contribution < 1.29 is 4.79 Å². The molecule has 0 radical (unpaired) electrons. The number of carbonyl (C=O) groups is 1. The van der Waals surface area contributed by atoms with Crippen LogP contribution in [0.25, 0.3) is 0 Å². The molecule has 5 nitrogen and oxygen atoms in total. The first-order valence-corrected chi connectivity index (χ1v) is 6.60. The van der Waals surface area contributed by atoms with Crippen LogP contribution in [0.2, 0.25) is 0 Å². The predicted molar refractivity (Wildman–Crippen MR) is 72.7 cm³/mol. The Morgan fingerprint density at radius 1 is 1.44 bits per heavy atom. The van der Waals surface area contributed by atoms with Crippen molar-refractivity contribution in [3.63, 3.8) is 0 Å². The molecule has 0 saturated carbocycles. The number of nitrogens with one attached hydrogen (secondary N) is 2. The van der Waals surface area contributed by atoms with Crippen LogP contribution < -0.4 is 10.2 Å². The molecule has 0 aromatic carbocycles. The maximum Gasteiger partial charge on any atom is 0.227 e. The van der Waals surface area contributed by atoms with E-state index in [2.05, 4.69) is 15.2 Å². The van der Waals surface area contributed by atoms with Gasteiger partial charge in [-0.3, -0.25) is 4.79 Å². The summed E-state index contributed by atoms with van der Waals surface area (Å²) in [5.74, 6) is 1.04. The third kappa shape index (κ3) is 3.58. The van der Waals surface area contributed by atoms with Gasteiger partial charge in [-0.25, -0.2) is 0 Å². The van der Waals surface area contributed by atoms with Crippen LogP contribution in [0, 0.1) is 0 Å². The third-order valence-corrected chi connectivity index (χ3v) is 3.39. The van der Waals surface area contributed by atoms with Crippen molar-refractivity contribution in [2.75, 3.05) is 44.7 Å². The van der Waals surface area contributed by atoms with Crippen molar-refractivity contribution in [1.82, 2.24) is 15.2 Å². The number of carbonyl (C=O) groups excluding carboxylic acids is 1. The molecule has 2 N–H and O–H groups in total. The molecule has 100 valence electrons. The van der Waals surface area contributed by atoms with Gasteiger partial charge in [-0.1, -0.05) is 0 Å². The summed E-state index contributed by atoms with van der Waals surface area (Å²) in [7, 11) is 1.82. The van der Waals surface area contributed by atoms with Crippen molar-refractivity contribution in [1.29, 1.82) is 0 Å². The molecule has 1 amide bonds.